The molecule has 0 fully saturated rings. The predicted molar refractivity (Wildman–Crippen MR) is 480 cm³/mol. The van der Waals surface area contributed by atoms with Crippen LogP contribution in [0.25, 0.3) is 0 Å². The summed E-state index contributed by atoms with van der Waals surface area (Å²) in [6.45, 7) is 15.9. The van der Waals surface area contributed by atoms with Crippen molar-refractivity contribution in [2.75, 3.05) is 67.1 Å². The van der Waals surface area contributed by atoms with Crippen LogP contribution < -0.4 is 91.6 Å². The second kappa shape index (κ2) is 59.8. The number of nitrogens with one attached hydrogen (secondary N) is 8. The summed E-state index contributed by atoms with van der Waals surface area (Å²) in [6, 6.07) is 19.0. The van der Waals surface area contributed by atoms with Crippen molar-refractivity contribution < 1.29 is 87.4 Å². The molecule has 0 radical (unpaired) electrons. The van der Waals surface area contributed by atoms with Crippen molar-refractivity contribution in [2.45, 2.75) is 224 Å². The summed E-state index contributed by atoms with van der Waals surface area (Å²) in [5, 5.41) is 42.4. The zero-order valence-corrected chi connectivity index (χ0v) is 72.6. The number of hydroxylamine groups is 3. The van der Waals surface area contributed by atoms with E-state index in [1.165, 1.54) is 11.9 Å². The number of nitrogens with two attached hydrogens (primary N) is 6. The van der Waals surface area contributed by atoms with Gasteiger partial charge in [-0.05, 0) is 193 Å². The smallest absolute Gasteiger partial charge is 0.247 e. The molecule has 36 heteroatoms. The number of amides is 9. The van der Waals surface area contributed by atoms with Gasteiger partial charge in [0, 0.05) is 102 Å². The molecule has 6 heterocycles. The molecule has 36 nitrogen and oxygen atoms in total. The standard InChI is InChI=1S/2C29H46N6O6.C28H44N6O6.3CH4/c1-18(2)15-23-22(27(38)34-40)8-6-14-41-21-11-9-19(10-12-21)16-24(33-26(23)37)25(36)17-20(28(39)35(3)4)7-5-13-32-29(30)31;1-4-32-26(37)20(7-5-13-33-29(30)31)17-25(36)24-16-19-9-11-21(12-10-19)41-14-6-8-22(28(39)35-40)23(15-18(2)3)27(38)34-24;1-17(2)14-22-21(27(38)34-39)7-5-13-40-20-10-8-18(9-11-20)15-23(33-26(22)37)24(35)16-19(25(36)31-3)6-4-12-32-28(29)30;;;/h9-12,18,20,22-24,40H,5-8,13-17H2,1-4H3,(H,33,37)(H,34,38)(H4,30,31,32);9-12,18,20,22-24,40H,4-8,13-17H2,1-3H3,(H,32,37)(H,34,38)(H,35,39)(H4,30,31,33);8-11,17,19,21-23,39H,4-7,12-16H2,1-3H3,(H,31,36)(H,33,37)(H,34,38)(H4,29,30,32);3*1H4/t2*20-,22+,23-,24+;19-,21+,22-,23+;;;/m111.../s1. The largest absolute Gasteiger partial charge is 0.494 e. The molecule has 9 rings (SSSR count). The quantitative estimate of drug-likeness (QED) is 0.0111. The van der Waals surface area contributed by atoms with Crippen LogP contribution in [0.15, 0.2) is 87.8 Å². The van der Waals surface area contributed by atoms with E-state index in [-0.39, 0.29) is 132 Å². The maximum absolute atomic E-state index is 13.8. The van der Waals surface area contributed by atoms with Gasteiger partial charge in [-0.1, -0.05) is 100 Å². The molecule has 3 aromatic rings. The summed E-state index contributed by atoms with van der Waals surface area (Å²) in [7, 11) is 4.77. The monoisotopic (exact) mass is 1760 g/mol. The van der Waals surface area contributed by atoms with Crippen molar-refractivity contribution in [3.8, 4) is 17.2 Å². The molecule has 6 aliphatic rings. The molecule has 9 amide bonds. The third-order valence-electron chi connectivity index (χ3n) is 21.5. The topological polar surface area (TPSA) is 586 Å². The van der Waals surface area contributed by atoms with Crippen LogP contribution in [0.1, 0.15) is 203 Å². The van der Waals surface area contributed by atoms with Crippen LogP contribution in [0.2, 0.25) is 0 Å². The summed E-state index contributed by atoms with van der Waals surface area (Å²) < 4.78 is 17.4. The molecular weight excluding hydrogens is 1610 g/mol. The minimum Gasteiger partial charge on any atom is -0.494 e. The number of fused-ring (bicyclic) bond motifs is 33. The number of hydrogen-bond acceptors (Lipinski definition) is 21. The lowest BCUT2D eigenvalue weighted by Crippen LogP contribution is -2.49. The molecular formula is C89H148N18O18. The van der Waals surface area contributed by atoms with Gasteiger partial charge in [0.25, 0.3) is 0 Å². The summed E-state index contributed by atoms with van der Waals surface area (Å²) in [4.78, 5) is 172. The first kappa shape index (κ1) is 112. The molecule has 23 N–H and O–H groups in total. The Morgan fingerprint density at radius 1 is 0.448 bits per heavy atom. The first-order valence-electron chi connectivity index (χ1n) is 42.4. The van der Waals surface area contributed by atoms with E-state index in [0.29, 0.717) is 160 Å². The average molecular weight is 1760 g/mol. The Bertz CT molecular complexity index is 3910. The number of hydrogen-bond donors (Lipinski definition) is 17. The summed E-state index contributed by atoms with van der Waals surface area (Å²) >= 11 is 0. The Morgan fingerprint density at radius 2 is 0.720 bits per heavy atom. The lowest BCUT2D eigenvalue weighted by molar-refractivity contribution is -0.142. The van der Waals surface area contributed by atoms with Gasteiger partial charge in [0.05, 0.1) is 55.7 Å². The van der Waals surface area contributed by atoms with Crippen LogP contribution >= 0.6 is 0 Å². The van der Waals surface area contributed by atoms with Gasteiger partial charge in [-0.15, -0.1) is 0 Å². The van der Waals surface area contributed by atoms with Crippen molar-refractivity contribution in [2.24, 2.45) is 120 Å². The molecule has 0 saturated carbocycles. The number of carbonyl (C=O) groups excluding carboxylic acids is 12. The van der Waals surface area contributed by atoms with Gasteiger partial charge in [0.2, 0.25) is 53.2 Å². The molecule has 6 aliphatic heterocycles. The van der Waals surface area contributed by atoms with Crippen LogP contribution in [0.4, 0.5) is 0 Å². The lowest BCUT2D eigenvalue weighted by Gasteiger charge is -2.29. The number of guanidine groups is 3. The molecule has 0 aliphatic carbocycles. The van der Waals surface area contributed by atoms with E-state index in [2.05, 4.69) is 41.6 Å². The number of carbonyl (C=O) groups is 12. The fourth-order valence-corrected chi connectivity index (χ4v) is 15.2. The summed E-state index contributed by atoms with van der Waals surface area (Å²) in [5.41, 5.74) is 39.9. The zero-order valence-electron chi connectivity index (χ0n) is 72.6. The highest BCUT2D eigenvalue weighted by Crippen LogP contribution is 2.32. The van der Waals surface area contributed by atoms with Crippen molar-refractivity contribution in [1.29, 1.82) is 0 Å². The van der Waals surface area contributed by atoms with Gasteiger partial charge in [0.1, 0.15) is 17.2 Å². The second-order valence-electron chi connectivity index (χ2n) is 32.8. The maximum atomic E-state index is 13.8. The fraction of sp³-hybridized carbons (Fsp3) is 0.629. The van der Waals surface area contributed by atoms with E-state index in [9.17, 15) is 73.2 Å². The Labute approximate surface area is 738 Å². The molecule has 6 bridgehead atoms. The maximum Gasteiger partial charge on any atom is 0.247 e. The molecule has 125 heavy (non-hydrogen) atoms. The number of Topliss-reactive ketones (excluding diaryl/α,β-unsaturated/α-hetero) is 3. The first-order chi connectivity index (χ1) is 58.0. The summed E-state index contributed by atoms with van der Waals surface area (Å²) in [5.74, 6) is -9.54. The van der Waals surface area contributed by atoms with Crippen LogP contribution in [0.3, 0.4) is 0 Å². The van der Waals surface area contributed by atoms with Crippen molar-refractivity contribution >= 4 is 88.4 Å². The number of rotatable bonds is 34. The molecule has 0 spiro atoms. The average Bonchev–Trinajstić information content (AvgIpc) is 0.838. The Hall–Kier alpha value is -11.0. The minimum absolute atomic E-state index is 0. The highest BCUT2D eigenvalue weighted by molar-refractivity contribution is 5.97. The SMILES string of the molecule is C.C.C.CC(C)C[C@H]1C(=O)N[C@H](C(=O)C[C@@H](CCCN=C(N)N)C(=O)N(C)C)Cc2ccc(cc2)OCCC[C@@H]1C(=O)NO.CCNC(=O)[C@H](CCCN=C(N)N)CC(=O)[C@@H]1Cc2ccc(cc2)OCCC[C@H](C(=O)NO)[C@@H](CC(C)C)C(=O)N1.CNC(=O)[C@H](CCCN=C(N)N)CC(=O)[C@@H]1Cc2ccc(cc2)OCCC[C@H](C(=O)NO)[C@@H](CC(C)C)C(=O)N1. The predicted octanol–water partition coefficient (Wildman–Crippen LogP) is 5.78. The van der Waals surface area contributed by atoms with Crippen molar-refractivity contribution in [3.63, 3.8) is 0 Å². The van der Waals surface area contributed by atoms with E-state index in [1.807, 2.05) is 77.9 Å². The first-order valence-corrected chi connectivity index (χ1v) is 42.4. The van der Waals surface area contributed by atoms with Crippen LogP contribution in [0, 0.1) is 71.0 Å². The normalized spacial score (nSPS) is 19.8. The van der Waals surface area contributed by atoms with E-state index in [0.717, 1.165) is 16.7 Å². The number of ketones is 3. The number of ether oxygens (including phenoxy) is 3. The minimum atomic E-state index is -0.931. The molecule has 0 unspecified atom stereocenters. The fourth-order valence-electron chi connectivity index (χ4n) is 15.2. The van der Waals surface area contributed by atoms with Gasteiger partial charge in [0.15, 0.2) is 35.2 Å². The third-order valence-corrected chi connectivity index (χ3v) is 21.5. The Kier molecular flexibility index (Phi) is 53.5. The van der Waals surface area contributed by atoms with Gasteiger partial charge in [-0.3, -0.25) is 88.1 Å². The highest BCUT2D eigenvalue weighted by Gasteiger charge is 2.41. The van der Waals surface area contributed by atoms with Crippen LogP contribution in [0.5, 0.6) is 17.2 Å². The van der Waals surface area contributed by atoms with E-state index < -0.39 is 107 Å². The van der Waals surface area contributed by atoms with E-state index >= 15 is 0 Å². The van der Waals surface area contributed by atoms with Gasteiger partial charge in [-0.25, -0.2) is 16.4 Å². The van der Waals surface area contributed by atoms with Crippen LogP contribution in [-0.2, 0) is 76.8 Å². The van der Waals surface area contributed by atoms with Gasteiger partial charge in [-0.2, -0.15) is 0 Å². The molecule has 3 aromatic carbocycles. The van der Waals surface area contributed by atoms with Crippen molar-refractivity contribution in [1.82, 2.24) is 47.9 Å². The van der Waals surface area contributed by atoms with Gasteiger partial charge >= 0.3 is 0 Å². The molecule has 0 aromatic heterocycles. The van der Waals surface area contributed by atoms with Crippen molar-refractivity contribution in [3.05, 3.63) is 89.5 Å². The number of nitrogens with zero attached hydrogens (tertiary/aromatic N) is 4. The molecule has 12 atom stereocenters. The third kappa shape index (κ3) is 41.1. The Balaban J connectivity index is 0.000000926. The molecule has 702 valence electrons. The highest BCUT2D eigenvalue weighted by atomic mass is 16.5. The van der Waals surface area contributed by atoms with Gasteiger partial charge < -0.3 is 80.1 Å². The van der Waals surface area contributed by atoms with E-state index in [1.54, 1.807) is 73.9 Å². The summed E-state index contributed by atoms with van der Waals surface area (Å²) in [6.07, 6.45) is 6.51. The lowest BCUT2D eigenvalue weighted by atomic mass is 9.81. The molecule has 0 saturated heterocycles. The zero-order chi connectivity index (χ0) is 90.5. The number of benzene rings is 3. The van der Waals surface area contributed by atoms with Crippen LogP contribution in [-0.4, -0.2) is 194 Å². The van der Waals surface area contributed by atoms with E-state index in [4.69, 9.17) is 48.6 Å². The Morgan fingerprint density at radius 3 is 0.968 bits per heavy atom. The number of aliphatic imine (C=N–C) groups is 3. The second-order valence-corrected chi connectivity index (χ2v) is 32.8.